The predicted octanol–water partition coefficient (Wildman–Crippen LogP) is 2.79. The number of hydrogen-bond donors (Lipinski definition) is 0. The van der Waals surface area contributed by atoms with Crippen molar-refractivity contribution in [1.29, 1.82) is 0 Å². The molecule has 17 heavy (non-hydrogen) atoms. The third kappa shape index (κ3) is 3.16. The number of ether oxygens (including phenoxy) is 1. The van der Waals surface area contributed by atoms with Crippen LogP contribution in [0.25, 0.3) is 0 Å². The van der Waals surface area contributed by atoms with E-state index in [1.807, 2.05) is 32.9 Å². The van der Waals surface area contributed by atoms with Crippen LogP contribution in [0.1, 0.15) is 38.3 Å². The van der Waals surface area contributed by atoms with Gasteiger partial charge in [-0.3, -0.25) is 9.59 Å². The van der Waals surface area contributed by atoms with Crippen LogP contribution in [-0.2, 0) is 15.0 Å². The second-order valence-electron chi connectivity index (χ2n) is 4.92. The van der Waals surface area contributed by atoms with E-state index in [2.05, 4.69) is 0 Å². The standard InChI is InChI=1S/C14H18O3/c1-10-6-5-7-12(17-9-15)13(10)14(3,4)8-11(2)16/h5-7,9H,8H2,1-4H3. The highest BCUT2D eigenvalue weighted by Gasteiger charge is 2.27. The van der Waals surface area contributed by atoms with Gasteiger partial charge in [-0.15, -0.1) is 0 Å². The number of rotatable bonds is 5. The number of hydrogen-bond acceptors (Lipinski definition) is 3. The average molecular weight is 234 g/mol. The summed E-state index contributed by atoms with van der Waals surface area (Å²) in [5.41, 5.74) is 1.60. The fourth-order valence-electron chi connectivity index (χ4n) is 2.37. The molecule has 92 valence electrons. The van der Waals surface area contributed by atoms with Gasteiger partial charge < -0.3 is 4.74 Å². The van der Waals surface area contributed by atoms with Crippen molar-refractivity contribution >= 4 is 12.3 Å². The molecular formula is C14H18O3. The van der Waals surface area contributed by atoms with Gasteiger partial charge in [0.05, 0.1) is 0 Å². The molecule has 0 fully saturated rings. The fourth-order valence-corrected chi connectivity index (χ4v) is 2.37. The summed E-state index contributed by atoms with van der Waals surface area (Å²) < 4.78 is 4.99. The molecule has 0 saturated heterocycles. The summed E-state index contributed by atoms with van der Waals surface area (Å²) in [6.45, 7) is 7.90. The molecule has 1 aromatic rings. The van der Waals surface area contributed by atoms with Crippen molar-refractivity contribution in [3.8, 4) is 5.75 Å². The molecule has 1 aromatic carbocycles. The van der Waals surface area contributed by atoms with E-state index in [0.29, 0.717) is 18.6 Å². The van der Waals surface area contributed by atoms with Crippen molar-refractivity contribution in [1.82, 2.24) is 0 Å². The Morgan fingerprint density at radius 3 is 2.59 bits per heavy atom. The van der Waals surface area contributed by atoms with Gasteiger partial charge in [0.25, 0.3) is 6.47 Å². The maximum atomic E-state index is 11.3. The molecule has 0 N–H and O–H groups in total. The Bertz CT molecular complexity index is 433. The summed E-state index contributed by atoms with van der Waals surface area (Å²) >= 11 is 0. The Morgan fingerprint density at radius 1 is 1.41 bits per heavy atom. The predicted molar refractivity (Wildman–Crippen MR) is 66.2 cm³/mol. The van der Waals surface area contributed by atoms with E-state index in [1.54, 1.807) is 13.0 Å². The van der Waals surface area contributed by atoms with Crippen LogP contribution < -0.4 is 4.74 Å². The highest BCUT2D eigenvalue weighted by molar-refractivity contribution is 5.77. The summed E-state index contributed by atoms with van der Waals surface area (Å²) in [4.78, 5) is 21.8. The average Bonchev–Trinajstić information content (AvgIpc) is 2.15. The Kier molecular flexibility index (Phi) is 4.05. The Hall–Kier alpha value is -1.64. The van der Waals surface area contributed by atoms with Crippen LogP contribution >= 0.6 is 0 Å². The lowest BCUT2D eigenvalue weighted by Crippen LogP contribution is -2.23. The van der Waals surface area contributed by atoms with E-state index >= 15 is 0 Å². The Morgan fingerprint density at radius 2 is 2.06 bits per heavy atom. The highest BCUT2D eigenvalue weighted by Crippen LogP contribution is 2.36. The number of benzene rings is 1. The molecule has 3 heteroatoms. The maximum Gasteiger partial charge on any atom is 0.298 e. The number of aryl methyl sites for hydroxylation is 1. The maximum absolute atomic E-state index is 11.3. The topological polar surface area (TPSA) is 43.4 Å². The van der Waals surface area contributed by atoms with Crippen molar-refractivity contribution in [3.05, 3.63) is 29.3 Å². The highest BCUT2D eigenvalue weighted by atomic mass is 16.5. The van der Waals surface area contributed by atoms with Gasteiger partial charge in [-0.1, -0.05) is 26.0 Å². The van der Waals surface area contributed by atoms with E-state index in [9.17, 15) is 9.59 Å². The minimum atomic E-state index is -0.338. The van der Waals surface area contributed by atoms with Crippen LogP contribution in [0.15, 0.2) is 18.2 Å². The van der Waals surface area contributed by atoms with Crippen LogP contribution in [-0.4, -0.2) is 12.3 Å². The van der Waals surface area contributed by atoms with Gasteiger partial charge in [0.1, 0.15) is 11.5 Å². The van der Waals surface area contributed by atoms with E-state index in [4.69, 9.17) is 4.74 Å². The van der Waals surface area contributed by atoms with E-state index in [0.717, 1.165) is 11.1 Å². The van der Waals surface area contributed by atoms with Gasteiger partial charge in [-0.05, 0) is 25.5 Å². The van der Waals surface area contributed by atoms with Gasteiger partial charge in [0.15, 0.2) is 0 Å². The zero-order valence-electron chi connectivity index (χ0n) is 10.7. The lowest BCUT2D eigenvalue weighted by molar-refractivity contribution is -0.120. The van der Waals surface area contributed by atoms with Gasteiger partial charge in [0.2, 0.25) is 0 Å². The zero-order chi connectivity index (χ0) is 13.1. The van der Waals surface area contributed by atoms with Crippen molar-refractivity contribution in [2.24, 2.45) is 0 Å². The molecule has 0 atom stereocenters. The lowest BCUT2D eigenvalue weighted by Gasteiger charge is -2.27. The van der Waals surface area contributed by atoms with Crippen molar-refractivity contribution in [2.45, 2.75) is 39.5 Å². The van der Waals surface area contributed by atoms with Gasteiger partial charge in [-0.2, -0.15) is 0 Å². The summed E-state index contributed by atoms with van der Waals surface area (Å²) in [5, 5.41) is 0. The van der Waals surface area contributed by atoms with Gasteiger partial charge in [-0.25, -0.2) is 0 Å². The van der Waals surface area contributed by atoms with Crippen LogP contribution in [0.2, 0.25) is 0 Å². The summed E-state index contributed by atoms with van der Waals surface area (Å²) in [6.07, 6.45) is 0.424. The summed E-state index contributed by atoms with van der Waals surface area (Å²) in [6, 6.07) is 5.54. The SMILES string of the molecule is CC(=O)CC(C)(C)c1c(C)cccc1OC=O. The first-order valence-electron chi connectivity index (χ1n) is 5.58. The second kappa shape index (κ2) is 5.13. The Balaban J connectivity index is 3.26. The number of carbonyl (C=O) groups excluding carboxylic acids is 2. The number of carbonyl (C=O) groups is 2. The molecule has 0 aliphatic carbocycles. The van der Waals surface area contributed by atoms with Gasteiger partial charge >= 0.3 is 0 Å². The minimum absolute atomic E-state index is 0.121. The van der Waals surface area contributed by atoms with Crippen LogP contribution in [0, 0.1) is 6.92 Å². The first-order valence-corrected chi connectivity index (χ1v) is 5.58. The van der Waals surface area contributed by atoms with E-state index < -0.39 is 0 Å². The molecule has 0 amide bonds. The molecule has 0 aliphatic heterocycles. The number of ketones is 1. The van der Waals surface area contributed by atoms with Crippen LogP contribution in [0.3, 0.4) is 0 Å². The largest absolute Gasteiger partial charge is 0.428 e. The van der Waals surface area contributed by atoms with Crippen molar-refractivity contribution in [2.75, 3.05) is 0 Å². The minimum Gasteiger partial charge on any atom is -0.428 e. The molecule has 3 nitrogen and oxygen atoms in total. The zero-order valence-corrected chi connectivity index (χ0v) is 10.7. The summed E-state index contributed by atoms with van der Waals surface area (Å²) in [7, 11) is 0. The molecule has 0 spiro atoms. The van der Waals surface area contributed by atoms with Crippen LogP contribution in [0.4, 0.5) is 0 Å². The normalized spacial score (nSPS) is 11.1. The number of Topliss-reactive ketones (excluding diaryl/α,β-unsaturated/α-hetero) is 1. The molecule has 0 aromatic heterocycles. The van der Waals surface area contributed by atoms with E-state index in [1.165, 1.54) is 0 Å². The van der Waals surface area contributed by atoms with Crippen molar-refractivity contribution in [3.63, 3.8) is 0 Å². The van der Waals surface area contributed by atoms with Crippen molar-refractivity contribution < 1.29 is 14.3 Å². The fraction of sp³-hybridized carbons (Fsp3) is 0.429. The second-order valence-corrected chi connectivity index (χ2v) is 4.92. The molecular weight excluding hydrogens is 216 g/mol. The molecule has 0 aliphatic rings. The third-order valence-corrected chi connectivity index (χ3v) is 2.78. The first-order chi connectivity index (χ1) is 7.88. The smallest absolute Gasteiger partial charge is 0.298 e. The first kappa shape index (κ1) is 13.4. The summed E-state index contributed by atoms with van der Waals surface area (Å²) in [5.74, 6) is 0.654. The molecule has 0 saturated carbocycles. The van der Waals surface area contributed by atoms with E-state index in [-0.39, 0.29) is 11.2 Å². The van der Waals surface area contributed by atoms with Crippen LogP contribution in [0.5, 0.6) is 5.75 Å². The monoisotopic (exact) mass is 234 g/mol. The molecule has 0 radical (unpaired) electrons. The molecule has 1 rings (SSSR count). The quantitative estimate of drug-likeness (QED) is 0.736. The lowest BCUT2D eigenvalue weighted by atomic mass is 9.78. The Labute approximate surface area is 102 Å². The molecule has 0 heterocycles. The molecule has 0 unspecified atom stereocenters. The molecule has 0 bridgehead atoms. The third-order valence-electron chi connectivity index (χ3n) is 2.78. The van der Waals surface area contributed by atoms with Gasteiger partial charge in [0, 0.05) is 17.4 Å².